The van der Waals surface area contributed by atoms with Gasteiger partial charge >= 0.3 is 0 Å². The second kappa shape index (κ2) is 6.05. The molecule has 0 unspecified atom stereocenters. The van der Waals surface area contributed by atoms with E-state index in [0.29, 0.717) is 12.2 Å². The summed E-state index contributed by atoms with van der Waals surface area (Å²) in [5.41, 5.74) is 2.43. The van der Waals surface area contributed by atoms with Crippen LogP contribution in [0.25, 0.3) is 0 Å². The van der Waals surface area contributed by atoms with Crippen LogP contribution in [0.2, 0.25) is 0 Å². The number of rotatable bonds is 3. The minimum absolute atomic E-state index is 0.0201. The number of hydrogen-bond acceptors (Lipinski definition) is 4. The third-order valence-corrected chi connectivity index (χ3v) is 3.76. The fraction of sp³-hybridized carbons (Fsp3) is 0.400. The van der Waals surface area contributed by atoms with Crippen molar-refractivity contribution in [3.63, 3.8) is 0 Å². The minimum atomic E-state index is -0.0201. The van der Waals surface area contributed by atoms with E-state index in [9.17, 15) is 4.79 Å². The molecular formula is C15H19N5O. The molecule has 1 aromatic heterocycles. The molecule has 0 spiro atoms. The molecule has 2 aromatic rings. The average Bonchev–Trinajstić information content (AvgIpc) is 2.89. The highest BCUT2D eigenvalue weighted by Gasteiger charge is 2.23. The maximum absolute atomic E-state index is 12.5. The van der Waals surface area contributed by atoms with Gasteiger partial charge in [-0.25, -0.2) is 4.68 Å². The number of benzene rings is 1. The topological polar surface area (TPSA) is 63.1 Å². The van der Waals surface area contributed by atoms with Crippen LogP contribution in [0.4, 0.5) is 0 Å². The zero-order chi connectivity index (χ0) is 14.7. The first-order valence-electron chi connectivity index (χ1n) is 7.19. The maximum atomic E-state index is 12.5. The predicted octanol–water partition coefficient (Wildman–Crippen LogP) is 0.680. The second-order valence-corrected chi connectivity index (χ2v) is 5.21. The van der Waals surface area contributed by atoms with Gasteiger partial charge in [-0.1, -0.05) is 35.5 Å². The molecule has 21 heavy (non-hydrogen) atoms. The molecule has 6 heteroatoms. The summed E-state index contributed by atoms with van der Waals surface area (Å²) in [6.07, 6.45) is 0. The van der Waals surface area contributed by atoms with E-state index in [1.165, 1.54) is 0 Å². The number of carbonyl (C=O) groups is 1. The van der Waals surface area contributed by atoms with Crippen molar-refractivity contribution in [3.8, 4) is 0 Å². The van der Waals surface area contributed by atoms with Gasteiger partial charge in [-0.3, -0.25) is 4.79 Å². The molecule has 2 heterocycles. The Labute approximate surface area is 123 Å². The van der Waals surface area contributed by atoms with Gasteiger partial charge in [0.25, 0.3) is 5.91 Å². The van der Waals surface area contributed by atoms with Gasteiger partial charge in [-0.05, 0) is 12.5 Å². The molecule has 1 aromatic carbocycles. The Morgan fingerprint density at radius 2 is 1.95 bits per heavy atom. The lowest BCUT2D eigenvalue weighted by molar-refractivity contribution is 0.0729. The van der Waals surface area contributed by atoms with Crippen LogP contribution in [0, 0.1) is 6.92 Å². The van der Waals surface area contributed by atoms with E-state index in [-0.39, 0.29) is 5.91 Å². The van der Waals surface area contributed by atoms with Gasteiger partial charge in [0.15, 0.2) is 5.69 Å². The van der Waals surface area contributed by atoms with E-state index in [0.717, 1.165) is 37.4 Å². The third-order valence-electron chi connectivity index (χ3n) is 3.76. The van der Waals surface area contributed by atoms with Crippen molar-refractivity contribution < 1.29 is 4.79 Å². The monoisotopic (exact) mass is 285 g/mol. The number of aromatic nitrogens is 3. The van der Waals surface area contributed by atoms with Gasteiger partial charge in [0.1, 0.15) is 0 Å². The quantitative estimate of drug-likeness (QED) is 0.901. The van der Waals surface area contributed by atoms with Crippen molar-refractivity contribution in [1.82, 2.24) is 25.2 Å². The molecule has 1 aliphatic heterocycles. The first kappa shape index (κ1) is 13.8. The smallest absolute Gasteiger partial charge is 0.276 e. The Bertz CT molecular complexity index is 616. The molecule has 1 N–H and O–H groups in total. The summed E-state index contributed by atoms with van der Waals surface area (Å²) in [5, 5.41) is 11.5. The largest absolute Gasteiger partial charge is 0.335 e. The predicted molar refractivity (Wildman–Crippen MR) is 79.1 cm³/mol. The van der Waals surface area contributed by atoms with Crippen molar-refractivity contribution >= 4 is 5.91 Å². The van der Waals surface area contributed by atoms with Crippen LogP contribution in [0.1, 0.15) is 21.7 Å². The Morgan fingerprint density at radius 3 is 2.67 bits per heavy atom. The van der Waals surface area contributed by atoms with Crippen LogP contribution in [0.3, 0.4) is 0 Å². The summed E-state index contributed by atoms with van der Waals surface area (Å²) in [5.74, 6) is -0.0201. The molecule has 110 valence electrons. The summed E-state index contributed by atoms with van der Waals surface area (Å²) < 4.78 is 1.78. The number of nitrogens with one attached hydrogen (secondary N) is 1. The van der Waals surface area contributed by atoms with Crippen LogP contribution in [0.15, 0.2) is 30.3 Å². The van der Waals surface area contributed by atoms with Crippen LogP contribution in [-0.2, 0) is 6.54 Å². The Hall–Kier alpha value is -2.21. The zero-order valence-corrected chi connectivity index (χ0v) is 12.1. The molecular weight excluding hydrogens is 266 g/mol. The van der Waals surface area contributed by atoms with E-state index in [1.54, 1.807) is 4.68 Å². The van der Waals surface area contributed by atoms with Crippen LogP contribution >= 0.6 is 0 Å². The lowest BCUT2D eigenvalue weighted by atomic mass is 10.2. The third kappa shape index (κ3) is 2.95. The maximum Gasteiger partial charge on any atom is 0.276 e. The molecule has 0 atom stereocenters. The number of carbonyl (C=O) groups excluding carboxylic acids is 1. The van der Waals surface area contributed by atoms with Gasteiger partial charge in [-0.2, -0.15) is 0 Å². The molecule has 0 aliphatic carbocycles. The molecule has 0 bridgehead atoms. The second-order valence-electron chi connectivity index (χ2n) is 5.21. The van der Waals surface area contributed by atoms with E-state index in [2.05, 4.69) is 15.6 Å². The molecule has 6 nitrogen and oxygen atoms in total. The molecule has 1 amide bonds. The van der Waals surface area contributed by atoms with Gasteiger partial charge < -0.3 is 10.2 Å². The molecule has 1 fully saturated rings. The Kier molecular flexibility index (Phi) is 3.96. The lowest BCUT2D eigenvalue weighted by Gasteiger charge is -2.26. The normalized spacial score (nSPS) is 15.2. The van der Waals surface area contributed by atoms with Gasteiger partial charge in [0.2, 0.25) is 0 Å². The van der Waals surface area contributed by atoms with E-state index in [1.807, 2.05) is 42.2 Å². The number of amides is 1. The zero-order valence-electron chi connectivity index (χ0n) is 12.1. The first-order valence-corrected chi connectivity index (χ1v) is 7.19. The van der Waals surface area contributed by atoms with Crippen LogP contribution < -0.4 is 5.32 Å². The minimum Gasteiger partial charge on any atom is -0.335 e. The first-order chi connectivity index (χ1) is 10.3. The van der Waals surface area contributed by atoms with Gasteiger partial charge in [0.05, 0.1) is 12.2 Å². The summed E-state index contributed by atoms with van der Waals surface area (Å²) in [6.45, 7) is 5.66. The Morgan fingerprint density at radius 1 is 1.24 bits per heavy atom. The highest BCUT2D eigenvalue weighted by molar-refractivity contribution is 5.93. The number of nitrogens with zero attached hydrogens (tertiary/aromatic N) is 4. The fourth-order valence-electron chi connectivity index (χ4n) is 2.48. The molecule has 1 saturated heterocycles. The molecule has 1 aliphatic rings. The summed E-state index contributed by atoms with van der Waals surface area (Å²) in [4.78, 5) is 14.3. The number of hydrogen-bond donors (Lipinski definition) is 1. The average molecular weight is 285 g/mol. The lowest BCUT2D eigenvalue weighted by Crippen LogP contribution is -2.46. The highest BCUT2D eigenvalue weighted by atomic mass is 16.2. The highest BCUT2D eigenvalue weighted by Crippen LogP contribution is 2.10. The van der Waals surface area contributed by atoms with Crippen LogP contribution in [-0.4, -0.2) is 52.0 Å². The molecule has 0 saturated carbocycles. The molecule has 0 radical (unpaired) electrons. The van der Waals surface area contributed by atoms with Crippen LogP contribution in [0.5, 0.6) is 0 Å². The van der Waals surface area contributed by atoms with Crippen molar-refractivity contribution in [1.29, 1.82) is 0 Å². The number of piperazine rings is 1. The van der Waals surface area contributed by atoms with Gasteiger partial charge in [0, 0.05) is 26.2 Å². The van der Waals surface area contributed by atoms with Crippen molar-refractivity contribution in [2.45, 2.75) is 13.5 Å². The fourth-order valence-corrected chi connectivity index (χ4v) is 2.48. The Balaban J connectivity index is 1.77. The van der Waals surface area contributed by atoms with E-state index >= 15 is 0 Å². The summed E-state index contributed by atoms with van der Waals surface area (Å²) in [6, 6.07) is 10.1. The van der Waals surface area contributed by atoms with Gasteiger partial charge in [-0.15, -0.1) is 5.10 Å². The van der Waals surface area contributed by atoms with Crippen molar-refractivity contribution in [2.75, 3.05) is 26.2 Å². The van der Waals surface area contributed by atoms with Crippen molar-refractivity contribution in [2.24, 2.45) is 0 Å². The van der Waals surface area contributed by atoms with E-state index < -0.39 is 0 Å². The van der Waals surface area contributed by atoms with E-state index in [4.69, 9.17) is 0 Å². The molecule has 3 rings (SSSR count). The summed E-state index contributed by atoms with van der Waals surface area (Å²) in [7, 11) is 0. The van der Waals surface area contributed by atoms with Crippen molar-refractivity contribution in [3.05, 3.63) is 47.3 Å². The standard InChI is InChI=1S/C15H19N5O/c1-12-14(15(21)19-9-7-16-8-10-19)17-18-20(12)11-13-5-3-2-4-6-13/h2-6,16H,7-11H2,1H3. The SMILES string of the molecule is Cc1c(C(=O)N2CCNCC2)nnn1Cc1ccccc1. The summed E-state index contributed by atoms with van der Waals surface area (Å²) >= 11 is 0.